The van der Waals surface area contributed by atoms with E-state index in [1.54, 1.807) is 0 Å². The Morgan fingerprint density at radius 1 is 1.11 bits per heavy atom. The molecule has 1 N–H and O–H groups in total. The molecule has 188 valence electrons. The molecule has 2 aliphatic heterocycles. The molecule has 1 aromatic carbocycles. The summed E-state index contributed by atoms with van der Waals surface area (Å²) in [7, 11) is 2.00. The van der Waals surface area contributed by atoms with Crippen LogP contribution >= 0.6 is 0 Å². The van der Waals surface area contributed by atoms with Crippen LogP contribution in [-0.2, 0) is 37.6 Å². The van der Waals surface area contributed by atoms with Crippen molar-refractivity contribution in [1.29, 1.82) is 0 Å². The van der Waals surface area contributed by atoms with Gasteiger partial charge in [0.25, 0.3) is 5.91 Å². The monoisotopic (exact) mass is 477 g/mol. The highest BCUT2D eigenvalue weighted by Gasteiger charge is 2.41. The Balaban J connectivity index is 1.16. The molecule has 2 fully saturated rings. The topological polar surface area (TPSA) is 62.6 Å². The average molecular weight is 478 g/mol. The lowest BCUT2D eigenvalue weighted by Crippen LogP contribution is -2.58. The number of ether oxygens (including phenoxy) is 1. The zero-order valence-corrected chi connectivity index (χ0v) is 21.1. The minimum Gasteiger partial charge on any atom is -0.379 e. The summed E-state index contributed by atoms with van der Waals surface area (Å²) in [6, 6.07) is 8.89. The van der Waals surface area contributed by atoms with E-state index < -0.39 is 0 Å². The summed E-state index contributed by atoms with van der Waals surface area (Å²) in [6.45, 7) is 6.31. The smallest absolute Gasteiger partial charge is 0.274 e. The Morgan fingerprint density at radius 2 is 1.89 bits per heavy atom. The fourth-order valence-corrected chi connectivity index (χ4v) is 6.96. The second-order valence-corrected chi connectivity index (χ2v) is 11.0. The van der Waals surface area contributed by atoms with Gasteiger partial charge in [-0.2, -0.15) is 5.10 Å². The van der Waals surface area contributed by atoms with Crippen molar-refractivity contribution >= 4 is 5.91 Å². The van der Waals surface area contributed by atoms with Gasteiger partial charge in [-0.25, -0.2) is 0 Å². The van der Waals surface area contributed by atoms with Crippen molar-refractivity contribution in [2.45, 2.75) is 69.5 Å². The molecule has 1 saturated carbocycles. The molecule has 2 aliphatic carbocycles. The summed E-state index contributed by atoms with van der Waals surface area (Å²) in [5.74, 6) is 0.0950. The molecular weight excluding hydrogens is 438 g/mol. The molecule has 0 radical (unpaired) electrons. The Kier molecular flexibility index (Phi) is 6.41. The van der Waals surface area contributed by atoms with Gasteiger partial charge >= 0.3 is 0 Å². The SMILES string of the molecule is Cn1nc(C(=O)N2CCc3ccccc3C2)c2c1CCC(NCC1(N3CCOCC3)CCCC1)C2. The first-order valence-electron chi connectivity index (χ1n) is 13.6. The summed E-state index contributed by atoms with van der Waals surface area (Å²) in [4.78, 5) is 18.3. The van der Waals surface area contributed by atoms with Gasteiger partial charge in [-0.3, -0.25) is 14.4 Å². The van der Waals surface area contributed by atoms with Crippen molar-refractivity contribution in [2.75, 3.05) is 39.4 Å². The van der Waals surface area contributed by atoms with Gasteiger partial charge in [0.15, 0.2) is 5.69 Å². The highest BCUT2D eigenvalue weighted by atomic mass is 16.5. The Morgan fingerprint density at radius 3 is 2.69 bits per heavy atom. The zero-order chi connectivity index (χ0) is 23.8. The highest BCUT2D eigenvalue weighted by molar-refractivity contribution is 5.94. The number of amides is 1. The summed E-state index contributed by atoms with van der Waals surface area (Å²) < 4.78 is 7.60. The van der Waals surface area contributed by atoms with Gasteiger partial charge < -0.3 is 15.0 Å². The van der Waals surface area contributed by atoms with Gasteiger partial charge in [0.05, 0.1) is 13.2 Å². The molecule has 0 bridgehead atoms. The molecule has 7 heteroatoms. The van der Waals surface area contributed by atoms with Crippen molar-refractivity contribution in [3.63, 3.8) is 0 Å². The fourth-order valence-electron chi connectivity index (χ4n) is 6.96. The lowest BCUT2D eigenvalue weighted by molar-refractivity contribution is -0.0213. The Labute approximate surface area is 208 Å². The largest absolute Gasteiger partial charge is 0.379 e. The first-order chi connectivity index (χ1) is 17.1. The second kappa shape index (κ2) is 9.68. The number of fused-ring (bicyclic) bond motifs is 2. The van der Waals surface area contributed by atoms with Gasteiger partial charge in [-0.1, -0.05) is 37.1 Å². The van der Waals surface area contributed by atoms with E-state index in [1.165, 1.54) is 48.1 Å². The molecule has 3 heterocycles. The van der Waals surface area contributed by atoms with E-state index in [4.69, 9.17) is 9.84 Å². The van der Waals surface area contributed by atoms with Crippen molar-refractivity contribution in [2.24, 2.45) is 7.05 Å². The average Bonchev–Trinajstić information content (AvgIpc) is 3.52. The van der Waals surface area contributed by atoms with Crippen LogP contribution in [0.1, 0.15) is 65.0 Å². The second-order valence-electron chi connectivity index (χ2n) is 11.0. The molecule has 7 nitrogen and oxygen atoms in total. The van der Waals surface area contributed by atoms with Crippen LogP contribution in [0.2, 0.25) is 0 Å². The van der Waals surface area contributed by atoms with Crippen LogP contribution in [0.4, 0.5) is 0 Å². The first kappa shape index (κ1) is 23.2. The lowest BCUT2D eigenvalue weighted by Gasteiger charge is -2.44. The van der Waals surface area contributed by atoms with E-state index in [2.05, 4.69) is 34.5 Å². The first-order valence-corrected chi connectivity index (χ1v) is 13.6. The number of hydrogen-bond donors (Lipinski definition) is 1. The van der Waals surface area contributed by atoms with Crippen LogP contribution in [0.3, 0.4) is 0 Å². The minimum absolute atomic E-state index is 0.0950. The van der Waals surface area contributed by atoms with E-state index in [0.717, 1.165) is 65.1 Å². The molecule has 6 rings (SSSR count). The standard InChI is InChI=1S/C28H39N5O2/c1-31-25-9-8-23(29-20-28(11-4-5-12-28)33-14-16-35-17-15-33)18-24(25)26(30-31)27(34)32-13-10-21-6-2-3-7-22(21)19-32/h2-3,6-7,23,29H,4-5,8-20H2,1H3. The molecule has 1 saturated heterocycles. The number of carbonyl (C=O) groups excluding carboxylic acids is 1. The number of nitrogens with zero attached hydrogens (tertiary/aromatic N) is 4. The van der Waals surface area contributed by atoms with E-state index in [0.29, 0.717) is 18.3 Å². The van der Waals surface area contributed by atoms with Gasteiger partial charge in [0.1, 0.15) is 0 Å². The number of benzene rings is 1. The third-order valence-corrected chi connectivity index (χ3v) is 9.01. The number of nitrogens with one attached hydrogen (secondary N) is 1. The van der Waals surface area contributed by atoms with Crippen LogP contribution in [0.5, 0.6) is 0 Å². The molecule has 2 aromatic rings. The summed E-state index contributed by atoms with van der Waals surface area (Å²) in [5, 5.41) is 8.72. The number of hydrogen-bond acceptors (Lipinski definition) is 5. The Bertz CT molecular complexity index is 1070. The summed E-state index contributed by atoms with van der Waals surface area (Å²) >= 11 is 0. The minimum atomic E-state index is 0.0950. The molecule has 1 aromatic heterocycles. The van der Waals surface area contributed by atoms with Crippen molar-refractivity contribution < 1.29 is 9.53 Å². The third kappa shape index (κ3) is 4.43. The number of aryl methyl sites for hydroxylation is 1. The van der Waals surface area contributed by atoms with Crippen molar-refractivity contribution in [3.8, 4) is 0 Å². The quantitative estimate of drug-likeness (QED) is 0.718. The molecule has 1 unspecified atom stereocenters. The van der Waals surface area contributed by atoms with Crippen molar-refractivity contribution in [1.82, 2.24) is 24.9 Å². The molecule has 1 amide bonds. The van der Waals surface area contributed by atoms with E-state index in [9.17, 15) is 4.79 Å². The van der Waals surface area contributed by atoms with Gasteiger partial charge in [0.2, 0.25) is 0 Å². The highest BCUT2D eigenvalue weighted by Crippen LogP contribution is 2.36. The van der Waals surface area contributed by atoms with Crippen LogP contribution < -0.4 is 5.32 Å². The van der Waals surface area contributed by atoms with E-state index in [1.807, 2.05) is 16.6 Å². The number of morpholine rings is 1. The van der Waals surface area contributed by atoms with Crippen LogP contribution in [0, 0.1) is 0 Å². The number of aromatic nitrogens is 2. The Hall–Kier alpha value is -2.22. The summed E-state index contributed by atoms with van der Waals surface area (Å²) in [6.07, 6.45) is 9.13. The fraction of sp³-hybridized carbons (Fsp3) is 0.643. The van der Waals surface area contributed by atoms with Crippen LogP contribution in [-0.4, -0.2) is 76.5 Å². The van der Waals surface area contributed by atoms with E-state index in [-0.39, 0.29) is 11.4 Å². The van der Waals surface area contributed by atoms with Crippen LogP contribution in [0.25, 0.3) is 0 Å². The molecule has 35 heavy (non-hydrogen) atoms. The normalized spacial score (nSPS) is 24.3. The van der Waals surface area contributed by atoms with Crippen molar-refractivity contribution in [3.05, 3.63) is 52.3 Å². The molecular formula is C28H39N5O2. The predicted molar refractivity (Wildman–Crippen MR) is 136 cm³/mol. The van der Waals surface area contributed by atoms with Crippen LogP contribution in [0.15, 0.2) is 24.3 Å². The van der Waals surface area contributed by atoms with Gasteiger partial charge in [-0.15, -0.1) is 0 Å². The number of carbonyl (C=O) groups is 1. The molecule has 1 atom stereocenters. The predicted octanol–water partition coefficient (Wildman–Crippen LogP) is 2.71. The summed E-state index contributed by atoms with van der Waals surface area (Å²) in [5.41, 5.74) is 6.00. The maximum absolute atomic E-state index is 13.6. The molecule has 0 spiro atoms. The third-order valence-electron chi connectivity index (χ3n) is 9.01. The van der Waals surface area contributed by atoms with E-state index >= 15 is 0 Å². The number of rotatable bonds is 5. The maximum atomic E-state index is 13.6. The maximum Gasteiger partial charge on any atom is 0.274 e. The zero-order valence-electron chi connectivity index (χ0n) is 21.1. The van der Waals surface area contributed by atoms with Gasteiger partial charge in [0, 0.05) is 62.6 Å². The lowest BCUT2D eigenvalue weighted by atomic mass is 9.89. The molecule has 4 aliphatic rings. The van der Waals surface area contributed by atoms with Gasteiger partial charge in [-0.05, 0) is 49.7 Å².